The molecule has 0 spiro atoms. The molecule has 4 heteroatoms. The van der Waals surface area contributed by atoms with Gasteiger partial charge in [-0.15, -0.1) is 0 Å². The minimum atomic E-state index is -0.898. The monoisotopic (exact) mass is 180 g/mol. The number of halogens is 2. The fourth-order valence-electron chi connectivity index (χ4n) is 1.10. The maximum Gasteiger partial charge on any atom is 0.161 e. The summed E-state index contributed by atoms with van der Waals surface area (Å²) in [7, 11) is 0. The van der Waals surface area contributed by atoms with Gasteiger partial charge in [0, 0.05) is 18.3 Å². The minimum absolute atomic E-state index is 0.365. The van der Waals surface area contributed by atoms with Crippen molar-refractivity contribution < 1.29 is 8.78 Å². The van der Waals surface area contributed by atoms with Gasteiger partial charge in [0.1, 0.15) is 0 Å². The summed E-state index contributed by atoms with van der Waals surface area (Å²) >= 11 is 0. The molecular weight excluding hydrogens is 174 g/mol. The topological polar surface area (TPSA) is 25.8 Å². The van der Waals surface area contributed by atoms with E-state index in [0.29, 0.717) is 16.7 Å². The Morgan fingerprint density at radius 3 is 2.38 bits per heavy atom. The van der Waals surface area contributed by atoms with Gasteiger partial charge in [0.05, 0.1) is 16.7 Å². The Labute approximate surface area is 73.2 Å². The standard InChI is InChI=1S/C9H6F2N2/c1-5-4-12-8-2-6(10)7(11)3-9(8)13-5/h2-4H,1H3. The number of nitrogens with zero attached hydrogens (tertiary/aromatic N) is 2. The van der Waals surface area contributed by atoms with Gasteiger partial charge < -0.3 is 0 Å². The van der Waals surface area contributed by atoms with E-state index in [9.17, 15) is 8.78 Å². The van der Waals surface area contributed by atoms with Crippen LogP contribution in [0, 0.1) is 18.6 Å². The zero-order valence-corrected chi connectivity index (χ0v) is 6.88. The largest absolute Gasteiger partial charge is 0.253 e. The van der Waals surface area contributed by atoms with Gasteiger partial charge in [-0.2, -0.15) is 0 Å². The first-order valence-electron chi connectivity index (χ1n) is 3.75. The second-order valence-corrected chi connectivity index (χ2v) is 2.77. The van der Waals surface area contributed by atoms with Crippen LogP contribution in [0.15, 0.2) is 18.3 Å². The molecule has 0 aliphatic carbocycles. The van der Waals surface area contributed by atoms with E-state index in [1.165, 1.54) is 6.20 Å². The average Bonchev–Trinajstić information content (AvgIpc) is 2.08. The highest BCUT2D eigenvalue weighted by atomic mass is 19.2. The summed E-state index contributed by atoms with van der Waals surface area (Å²) in [5, 5.41) is 0. The van der Waals surface area contributed by atoms with Crippen molar-refractivity contribution in [2.75, 3.05) is 0 Å². The van der Waals surface area contributed by atoms with E-state index in [2.05, 4.69) is 9.97 Å². The molecule has 1 aromatic heterocycles. The van der Waals surface area contributed by atoms with Crippen molar-refractivity contribution in [3.05, 3.63) is 35.7 Å². The maximum absolute atomic E-state index is 12.7. The Balaban J connectivity index is 2.81. The van der Waals surface area contributed by atoms with Gasteiger partial charge >= 0.3 is 0 Å². The Kier molecular flexibility index (Phi) is 1.69. The molecule has 0 amide bonds. The number of aryl methyl sites for hydroxylation is 1. The molecule has 13 heavy (non-hydrogen) atoms. The first kappa shape index (κ1) is 8.04. The Bertz CT molecular complexity index is 468. The van der Waals surface area contributed by atoms with Crippen LogP contribution in [-0.4, -0.2) is 9.97 Å². The summed E-state index contributed by atoms with van der Waals surface area (Å²) in [5.74, 6) is -1.79. The van der Waals surface area contributed by atoms with Crippen LogP contribution in [0.3, 0.4) is 0 Å². The summed E-state index contributed by atoms with van der Waals surface area (Å²) in [6.07, 6.45) is 1.51. The summed E-state index contributed by atoms with van der Waals surface area (Å²) in [6.45, 7) is 1.74. The number of hydrogen-bond acceptors (Lipinski definition) is 2. The molecule has 0 fully saturated rings. The van der Waals surface area contributed by atoms with Gasteiger partial charge in [0.15, 0.2) is 11.6 Å². The number of benzene rings is 1. The van der Waals surface area contributed by atoms with Crippen LogP contribution in [0.1, 0.15) is 5.69 Å². The molecule has 0 unspecified atom stereocenters. The van der Waals surface area contributed by atoms with E-state index in [-0.39, 0.29) is 0 Å². The van der Waals surface area contributed by atoms with Gasteiger partial charge in [-0.25, -0.2) is 13.8 Å². The lowest BCUT2D eigenvalue weighted by Crippen LogP contribution is -1.91. The molecule has 0 aliphatic rings. The van der Waals surface area contributed by atoms with E-state index in [1.54, 1.807) is 6.92 Å². The van der Waals surface area contributed by atoms with Crippen molar-refractivity contribution in [2.24, 2.45) is 0 Å². The van der Waals surface area contributed by atoms with E-state index in [1.807, 2.05) is 0 Å². The van der Waals surface area contributed by atoms with Crippen LogP contribution < -0.4 is 0 Å². The zero-order valence-electron chi connectivity index (χ0n) is 6.88. The molecule has 2 rings (SSSR count). The third kappa shape index (κ3) is 1.35. The fraction of sp³-hybridized carbons (Fsp3) is 0.111. The number of hydrogen-bond donors (Lipinski definition) is 0. The van der Waals surface area contributed by atoms with E-state index in [0.717, 1.165) is 12.1 Å². The van der Waals surface area contributed by atoms with Crippen molar-refractivity contribution >= 4 is 11.0 Å². The molecule has 1 aromatic carbocycles. The summed E-state index contributed by atoms with van der Waals surface area (Å²) < 4.78 is 25.4. The van der Waals surface area contributed by atoms with Crippen LogP contribution in [0.2, 0.25) is 0 Å². The lowest BCUT2D eigenvalue weighted by Gasteiger charge is -1.98. The van der Waals surface area contributed by atoms with Crippen LogP contribution in [-0.2, 0) is 0 Å². The number of rotatable bonds is 0. The molecule has 2 aromatic rings. The van der Waals surface area contributed by atoms with Crippen LogP contribution in [0.5, 0.6) is 0 Å². The lowest BCUT2D eigenvalue weighted by atomic mass is 10.3. The van der Waals surface area contributed by atoms with Crippen molar-refractivity contribution in [3.8, 4) is 0 Å². The highest BCUT2D eigenvalue weighted by Gasteiger charge is 2.05. The van der Waals surface area contributed by atoms with Crippen molar-refractivity contribution in [2.45, 2.75) is 6.92 Å². The molecule has 0 saturated heterocycles. The van der Waals surface area contributed by atoms with Gasteiger partial charge in [0.25, 0.3) is 0 Å². The third-order valence-electron chi connectivity index (χ3n) is 1.70. The Morgan fingerprint density at radius 2 is 1.69 bits per heavy atom. The van der Waals surface area contributed by atoms with Gasteiger partial charge in [-0.05, 0) is 6.92 Å². The molecule has 0 aliphatic heterocycles. The van der Waals surface area contributed by atoms with E-state index < -0.39 is 11.6 Å². The highest BCUT2D eigenvalue weighted by Crippen LogP contribution is 2.14. The van der Waals surface area contributed by atoms with Crippen molar-refractivity contribution in [1.29, 1.82) is 0 Å². The highest BCUT2D eigenvalue weighted by molar-refractivity contribution is 5.73. The average molecular weight is 180 g/mol. The maximum atomic E-state index is 12.7. The predicted molar refractivity (Wildman–Crippen MR) is 44.2 cm³/mol. The number of fused-ring (bicyclic) bond motifs is 1. The quantitative estimate of drug-likeness (QED) is 0.621. The van der Waals surface area contributed by atoms with Crippen LogP contribution in [0.4, 0.5) is 8.78 Å². The second kappa shape index (κ2) is 2.73. The smallest absolute Gasteiger partial charge is 0.161 e. The summed E-state index contributed by atoms with van der Waals surface area (Å²) in [4.78, 5) is 7.92. The minimum Gasteiger partial charge on any atom is -0.253 e. The molecule has 0 atom stereocenters. The second-order valence-electron chi connectivity index (χ2n) is 2.77. The molecule has 0 bridgehead atoms. The normalized spacial score (nSPS) is 10.7. The van der Waals surface area contributed by atoms with Crippen LogP contribution >= 0.6 is 0 Å². The molecule has 0 N–H and O–H groups in total. The van der Waals surface area contributed by atoms with E-state index >= 15 is 0 Å². The summed E-state index contributed by atoms with van der Waals surface area (Å²) in [5.41, 5.74) is 1.42. The Morgan fingerprint density at radius 1 is 1.08 bits per heavy atom. The molecule has 1 heterocycles. The molecule has 0 saturated carbocycles. The first-order chi connectivity index (χ1) is 6.16. The van der Waals surface area contributed by atoms with Crippen molar-refractivity contribution in [3.63, 3.8) is 0 Å². The first-order valence-corrected chi connectivity index (χ1v) is 3.75. The molecular formula is C9H6F2N2. The van der Waals surface area contributed by atoms with E-state index in [4.69, 9.17) is 0 Å². The lowest BCUT2D eigenvalue weighted by molar-refractivity contribution is 0.510. The van der Waals surface area contributed by atoms with Crippen molar-refractivity contribution in [1.82, 2.24) is 9.97 Å². The Hall–Kier alpha value is -1.58. The van der Waals surface area contributed by atoms with Crippen LogP contribution in [0.25, 0.3) is 11.0 Å². The predicted octanol–water partition coefficient (Wildman–Crippen LogP) is 2.22. The third-order valence-corrected chi connectivity index (χ3v) is 1.70. The SMILES string of the molecule is Cc1cnc2cc(F)c(F)cc2n1. The van der Waals surface area contributed by atoms with Gasteiger partial charge in [-0.3, -0.25) is 4.98 Å². The number of aromatic nitrogens is 2. The molecule has 0 radical (unpaired) electrons. The van der Waals surface area contributed by atoms with Gasteiger partial charge in [-0.1, -0.05) is 0 Å². The fourth-order valence-corrected chi connectivity index (χ4v) is 1.10. The summed E-state index contributed by atoms with van der Waals surface area (Å²) in [6, 6.07) is 2.09. The molecule has 2 nitrogen and oxygen atoms in total. The molecule has 66 valence electrons. The zero-order chi connectivity index (χ0) is 9.42. The van der Waals surface area contributed by atoms with Gasteiger partial charge in [0.2, 0.25) is 0 Å².